The zero-order chi connectivity index (χ0) is 24.4. The van der Waals surface area contributed by atoms with Gasteiger partial charge in [0.2, 0.25) is 5.95 Å². The van der Waals surface area contributed by atoms with Crippen molar-refractivity contribution in [2.75, 3.05) is 16.8 Å². The van der Waals surface area contributed by atoms with Gasteiger partial charge in [0.1, 0.15) is 11.2 Å². The van der Waals surface area contributed by atoms with Crippen LogP contribution >= 0.6 is 0 Å². The van der Waals surface area contributed by atoms with Gasteiger partial charge in [-0.15, -0.1) is 0 Å². The molecular formula is C22H19F5N8. The fourth-order valence-electron chi connectivity index (χ4n) is 4.69. The van der Waals surface area contributed by atoms with Gasteiger partial charge in [-0.2, -0.15) is 23.3 Å². The van der Waals surface area contributed by atoms with Gasteiger partial charge in [0.05, 0.1) is 30.8 Å². The average Bonchev–Trinajstić information content (AvgIpc) is 3.49. The van der Waals surface area contributed by atoms with E-state index in [0.29, 0.717) is 35.9 Å². The lowest BCUT2D eigenvalue weighted by molar-refractivity contribution is -0.141. The number of halogens is 5. The van der Waals surface area contributed by atoms with Crippen molar-refractivity contribution in [2.24, 2.45) is 0 Å². The molecule has 0 amide bonds. The third-order valence-corrected chi connectivity index (χ3v) is 6.25. The fraction of sp³-hybridized carbons (Fsp3) is 0.364. The Balaban J connectivity index is 1.16. The van der Waals surface area contributed by atoms with Crippen molar-refractivity contribution in [1.82, 2.24) is 29.3 Å². The summed E-state index contributed by atoms with van der Waals surface area (Å²) in [6.07, 6.45) is 1.72. The van der Waals surface area contributed by atoms with Gasteiger partial charge in [-0.3, -0.25) is 9.67 Å². The van der Waals surface area contributed by atoms with E-state index in [4.69, 9.17) is 0 Å². The van der Waals surface area contributed by atoms with Crippen molar-refractivity contribution in [3.05, 3.63) is 59.8 Å². The van der Waals surface area contributed by atoms with E-state index in [9.17, 15) is 22.0 Å². The van der Waals surface area contributed by atoms with Crippen LogP contribution in [0.3, 0.4) is 0 Å². The number of nitrogens with zero attached hydrogens (tertiary/aromatic N) is 7. The van der Waals surface area contributed by atoms with Crippen LogP contribution in [0.2, 0.25) is 0 Å². The molecule has 2 aliphatic rings. The molecule has 4 aromatic rings. The van der Waals surface area contributed by atoms with E-state index in [0.717, 1.165) is 17.1 Å². The van der Waals surface area contributed by atoms with Gasteiger partial charge in [-0.25, -0.2) is 13.8 Å². The van der Waals surface area contributed by atoms with Crippen LogP contribution in [-0.2, 0) is 25.8 Å². The van der Waals surface area contributed by atoms with Crippen molar-refractivity contribution in [2.45, 2.75) is 44.2 Å². The summed E-state index contributed by atoms with van der Waals surface area (Å²) in [5, 5.41) is 7.37. The van der Waals surface area contributed by atoms with Crippen molar-refractivity contribution in [1.29, 1.82) is 0 Å². The predicted octanol–water partition coefficient (Wildman–Crippen LogP) is 3.93. The third kappa shape index (κ3) is 4.04. The molecule has 0 radical (unpaired) electrons. The number of hydrogen-bond donors (Lipinski definition) is 1. The maximum atomic E-state index is 14.1. The first-order valence-corrected chi connectivity index (χ1v) is 10.9. The second kappa shape index (κ2) is 7.62. The molecule has 1 fully saturated rings. The molecule has 0 bridgehead atoms. The van der Waals surface area contributed by atoms with E-state index < -0.39 is 17.8 Å². The van der Waals surface area contributed by atoms with Gasteiger partial charge in [0, 0.05) is 43.7 Å². The second-order valence-corrected chi connectivity index (χ2v) is 8.86. The van der Waals surface area contributed by atoms with Crippen LogP contribution in [0.5, 0.6) is 0 Å². The summed E-state index contributed by atoms with van der Waals surface area (Å²) >= 11 is 0. The van der Waals surface area contributed by atoms with Gasteiger partial charge >= 0.3 is 6.18 Å². The smallest absolute Gasteiger partial charge is 0.350 e. The Morgan fingerprint density at radius 1 is 1.09 bits per heavy atom. The van der Waals surface area contributed by atoms with E-state index in [1.54, 1.807) is 22.0 Å². The lowest BCUT2D eigenvalue weighted by atomic mass is 10.1. The second-order valence-electron chi connectivity index (χ2n) is 8.86. The van der Waals surface area contributed by atoms with Crippen LogP contribution in [0.25, 0.3) is 11.0 Å². The van der Waals surface area contributed by atoms with Crippen LogP contribution in [0.15, 0.2) is 43.0 Å². The molecule has 4 aromatic heterocycles. The summed E-state index contributed by atoms with van der Waals surface area (Å²) in [6.45, 7) is 0.710. The van der Waals surface area contributed by atoms with Gasteiger partial charge < -0.3 is 14.8 Å². The molecule has 0 spiro atoms. The zero-order valence-corrected chi connectivity index (χ0v) is 18.2. The Hall–Kier alpha value is -3.77. The van der Waals surface area contributed by atoms with Crippen LogP contribution in [0, 0.1) is 0 Å². The van der Waals surface area contributed by atoms with Crippen molar-refractivity contribution in [3.8, 4) is 0 Å². The monoisotopic (exact) mass is 490 g/mol. The molecule has 0 unspecified atom stereocenters. The highest BCUT2D eigenvalue weighted by atomic mass is 19.4. The maximum Gasteiger partial charge on any atom is 0.433 e. The Bertz CT molecular complexity index is 1390. The Morgan fingerprint density at radius 2 is 1.94 bits per heavy atom. The minimum absolute atomic E-state index is 0.202. The SMILES string of the molecule is FC1(F)C[C@H]2Cn3ccc4nc(NCc5cnn(Cc6ccc(C(F)(F)F)nc6)c5)nc(c43)N2C1. The summed E-state index contributed by atoms with van der Waals surface area (Å²) in [7, 11) is 0. The van der Waals surface area contributed by atoms with Gasteiger partial charge in [0.25, 0.3) is 5.92 Å². The van der Waals surface area contributed by atoms with Gasteiger partial charge in [0.15, 0.2) is 5.82 Å². The Kier molecular flexibility index (Phi) is 4.73. The number of nitrogens with one attached hydrogen (secondary N) is 1. The number of anilines is 2. The minimum Gasteiger partial charge on any atom is -0.350 e. The van der Waals surface area contributed by atoms with E-state index in [1.165, 1.54) is 12.3 Å². The predicted molar refractivity (Wildman–Crippen MR) is 116 cm³/mol. The number of rotatable bonds is 5. The zero-order valence-electron chi connectivity index (χ0n) is 18.2. The number of pyridine rings is 1. The minimum atomic E-state index is -4.48. The molecule has 6 rings (SSSR count). The molecule has 6 heterocycles. The quantitative estimate of drug-likeness (QED) is 0.428. The summed E-state index contributed by atoms with van der Waals surface area (Å²) < 4.78 is 69.7. The summed E-state index contributed by atoms with van der Waals surface area (Å²) in [4.78, 5) is 14.2. The molecular weight excluding hydrogens is 471 g/mol. The van der Waals surface area contributed by atoms with Crippen molar-refractivity contribution in [3.63, 3.8) is 0 Å². The molecule has 1 saturated heterocycles. The first-order valence-electron chi connectivity index (χ1n) is 10.9. The van der Waals surface area contributed by atoms with E-state index in [1.807, 2.05) is 16.8 Å². The normalized spacial score (nSPS) is 18.8. The number of fused-ring (bicyclic) bond motifs is 2. The Labute approximate surface area is 195 Å². The summed E-state index contributed by atoms with van der Waals surface area (Å²) in [6, 6.07) is 3.84. The van der Waals surface area contributed by atoms with Crippen LogP contribution < -0.4 is 10.2 Å². The first-order chi connectivity index (χ1) is 16.6. The molecule has 0 aliphatic carbocycles. The molecule has 1 N–H and O–H groups in total. The van der Waals surface area contributed by atoms with Crippen LogP contribution in [0.1, 0.15) is 23.2 Å². The van der Waals surface area contributed by atoms with Crippen LogP contribution in [0.4, 0.5) is 33.7 Å². The molecule has 0 saturated carbocycles. The first kappa shape index (κ1) is 21.7. The topological polar surface area (TPSA) is 76.7 Å². The molecule has 1 atom stereocenters. The van der Waals surface area contributed by atoms with E-state index in [2.05, 4.69) is 25.4 Å². The standard InChI is InChI=1S/C22H19F5N8/c23-21(24)5-15-11-33-4-3-16-18(33)19(35(15)12-21)32-20(31-16)29-7-14-8-30-34(10-14)9-13-1-2-17(28-6-13)22(25,26)27/h1-4,6,8,10,15H,5,7,9,11-12H2,(H,29,31,32)/t15-/m0/s1. The number of aromatic nitrogens is 6. The molecule has 13 heteroatoms. The molecule has 8 nitrogen and oxygen atoms in total. The molecule has 0 aromatic carbocycles. The highest BCUT2D eigenvalue weighted by Gasteiger charge is 2.48. The lowest BCUT2D eigenvalue weighted by Crippen LogP contribution is -2.37. The van der Waals surface area contributed by atoms with Crippen molar-refractivity contribution < 1.29 is 22.0 Å². The summed E-state index contributed by atoms with van der Waals surface area (Å²) in [5.41, 5.74) is 1.86. The van der Waals surface area contributed by atoms with E-state index in [-0.39, 0.29) is 25.6 Å². The highest BCUT2D eigenvalue weighted by Crippen LogP contribution is 2.41. The van der Waals surface area contributed by atoms with Gasteiger partial charge in [-0.1, -0.05) is 6.07 Å². The fourth-order valence-corrected chi connectivity index (χ4v) is 4.69. The number of hydrogen-bond acceptors (Lipinski definition) is 6. The third-order valence-electron chi connectivity index (χ3n) is 6.25. The van der Waals surface area contributed by atoms with E-state index >= 15 is 0 Å². The number of alkyl halides is 5. The molecule has 2 aliphatic heterocycles. The van der Waals surface area contributed by atoms with Gasteiger partial charge in [-0.05, 0) is 17.7 Å². The maximum absolute atomic E-state index is 14.1. The Morgan fingerprint density at radius 3 is 2.71 bits per heavy atom. The molecule has 35 heavy (non-hydrogen) atoms. The van der Waals surface area contributed by atoms with Crippen molar-refractivity contribution >= 4 is 22.8 Å². The highest BCUT2D eigenvalue weighted by molar-refractivity contribution is 5.89. The summed E-state index contributed by atoms with van der Waals surface area (Å²) in [5.74, 6) is -1.93. The van der Waals surface area contributed by atoms with Crippen LogP contribution in [-0.4, -0.2) is 47.8 Å². The molecule has 182 valence electrons. The average molecular weight is 490 g/mol. The lowest BCUT2D eigenvalue weighted by Gasteiger charge is -2.31. The largest absolute Gasteiger partial charge is 0.433 e.